The van der Waals surface area contributed by atoms with Gasteiger partial charge in [0, 0.05) is 6.42 Å². The molecule has 1 rings (SSSR count). The van der Waals surface area contributed by atoms with Crippen LogP contribution in [0.1, 0.15) is 39.0 Å². The maximum absolute atomic E-state index is 10.2. The fourth-order valence-corrected chi connectivity index (χ4v) is 1.87. The Labute approximate surface area is 62.8 Å². The van der Waals surface area contributed by atoms with Gasteiger partial charge in [0.05, 0.1) is 0 Å². The quantitative estimate of drug-likeness (QED) is 0.538. The Morgan fingerprint density at radius 3 is 2.70 bits per heavy atom. The smallest absolute Gasteiger partial charge is 0.120 e. The average molecular weight is 140 g/mol. The minimum absolute atomic E-state index is 0.700. The molecule has 0 aromatic rings. The molecule has 0 aromatic carbocycles. The predicted molar refractivity (Wildman–Crippen MR) is 41.8 cm³/mol. The third-order valence-electron chi connectivity index (χ3n) is 2.69. The minimum atomic E-state index is 0.700. The first-order valence-electron chi connectivity index (χ1n) is 4.28. The van der Waals surface area contributed by atoms with E-state index >= 15 is 0 Å². The van der Waals surface area contributed by atoms with Crippen molar-refractivity contribution in [2.24, 2.45) is 11.8 Å². The Bertz CT molecular complexity index is 109. The highest BCUT2D eigenvalue weighted by atomic mass is 16.1. The van der Waals surface area contributed by atoms with E-state index in [0.717, 1.165) is 18.6 Å². The maximum Gasteiger partial charge on any atom is 0.120 e. The fourth-order valence-electron chi connectivity index (χ4n) is 1.87. The molecule has 0 heterocycles. The van der Waals surface area contributed by atoms with Crippen LogP contribution in [0, 0.1) is 11.8 Å². The van der Waals surface area contributed by atoms with Crippen molar-refractivity contribution in [2.45, 2.75) is 39.0 Å². The molecule has 58 valence electrons. The van der Waals surface area contributed by atoms with Crippen molar-refractivity contribution in [3.05, 3.63) is 0 Å². The summed E-state index contributed by atoms with van der Waals surface area (Å²) in [7, 11) is 0. The second kappa shape index (κ2) is 3.75. The molecule has 0 bridgehead atoms. The van der Waals surface area contributed by atoms with E-state index in [0.29, 0.717) is 5.92 Å². The van der Waals surface area contributed by atoms with Crippen LogP contribution >= 0.6 is 0 Å². The standard InChI is InChI=1S/C9H16O/c1-8-4-2-3-5-9(8)6-7-10/h7-9H,2-6H2,1H3. The Balaban J connectivity index is 2.32. The SMILES string of the molecule is CC1CCCCC1CC=O. The van der Waals surface area contributed by atoms with E-state index < -0.39 is 0 Å². The van der Waals surface area contributed by atoms with Crippen LogP contribution in [-0.2, 0) is 4.79 Å². The van der Waals surface area contributed by atoms with E-state index in [-0.39, 0.29) is 0 Å². The minimum Gasteiger partial charge on any atom is -0.303 e. The molecule has 1 saturated carbocycles. The second-order valence-electron chi connectivity index (χ2n) is 3.42. The number of rotatable bonds is 2. The molecule has 0 aromatic heterocycles. The van der Waals surface area contributed by atoms with Gasteiger partial charge in [0.2, 0.25) is 0 Å². The molecule has 2 atom stereocenters. The van der Waals surface area contributed by atoms with E-state index in [1.807, 2.05) is 0 Å². The normalized spacial score (nSPS) is 33.7. The summed E-state index contributed by atoms with van der Waals surface area (Å²) in [5, 5.41) is 0. The zero-order valence-corrected chi connectivity index (χ0v) is 6.68. The Hall–Kier alpha value is -0.330. The second-order valence-corrected chi connectivity index (χ2v) is 3.42. The average Bonchev–Trinajstić information content (AvgIpc) is 1.94. The van der Waals surface area contributed by atoms with Gasteiger partial charge in [-0.15, -0.1) is 0 Å². The van der Waals surface area contributed by atoms with Crippen LogP contribution in [0.15, 0.2) is 0 Å². The number of carbonyl (C=O) groups excluding carboxylic acids is 1. The highest BCUT2D eigenvalue weighted by Crippen LogP contribution is 2.30. The molecule has 1 aliphatic carbocycles. The third kappa shape index (κ3) is 1.83. The van der Waals surface area contributed by atoms with Crippen LogP contribution in [0.4, 0.5) is 0 Å². The van der Waals surface area contributed by atoms with Crippen molar-refractivity contribution in [3.63, 3.8) is 0 Å². The maximum atomic E-state index is 10.2. The van der Waals surface area contributed by atoms with Gasteiger partial charge in [0.25, 0.3) is 0 Å². The molecule has 0 saturated heterocycles. The van der Waals surface area contributed by atoms with E-state index in [1.165, 1.54) is 25.7 Å². The van der Waals surface area contributed by atoms with Gasteiger partial charge in [-0.3, -0.25) is 0 Å². The lowest BCUT2D eigenvalue weighted by atomic mass is 9.79. The van der Waals surface area contributed by atoms with Gasteiger partial charge < -0.3 is 4.79 Å². The van der Waals surface area contributed by atoms with Crippen LogP contribution in [0.3, 0.4) is 0 Å². The van der Waals surface area contributed by atoms with Crippen molar-refractivity contribution < 1.29 is 4.79 Å². The monoisotopic (exact) mass is 140 g/mol. The van der Waals surface area contributed by atoms with Crippen LogP contribution < -0.4 is 0 Å². The Kier molecular flexibility index (Phi) is 2.91. The summed E-state index contributed by atoms with van der Waals surface area (Å²) < 4.78 is 0. The van der Waals surface area contributed by atoms with Gasteiger partial charge in [-0.05, 0) is 18.3 Å². The largest absolute Gasteiger partial charge is 0.303 e. The number of aldehydes is 1. The van der Waals surface area contributed by atoms with Gasteiger partial charge in [-0.25, -0.2) is 0 Å². The van der Waals surface area contributed by atoms with E-state index in [9.17, 15) is 4.79 Å². The summed E-state index contributed by atoms with van der Waals surface area (Å²) in [6, 6.07) is 0. The van der Waals surface area contributed by atoms with Gasteiger partial charge in [-0.2, -0.15) is 0 Å². The van der Waals surface area contributed by atoms with E-state index in [1.54, 1.807) is 0 Å². The highest BCUT2D eigenvalue weighted by Gasteiger charge is 2.19. The number of hydrogen-bond acceptors (Lipinski definition) is 1. The molecule has 0 amide bonds. The molecule has 1 nitrogen and oxygen atoms in total. The molecule has 0 N–H and O–H groups in total. The molecular formula is C9H16O. The number of hydrogen-bond donors (Lipinski definition) is 0. The van der Waals surface area contributed by atoms with Gasteiger partial charge in [0.1, 0.15) is 6.29 Å². The fraction of sp³-hybridized carbons (Fsp3) is 0.889. The zero-order valence-electron chi connectivity index (χ0n) is 6.68. The Morgan fingerprint density at radius 1 is 1.40 bits per heavy atom. The van der Waals surface area contributed by atoms with Crippen molar-refractivity contribution in [2.75, 3.05) is 0 Å². The topological polar surface area (TPSA) is 17.1 Å². The summed E-state index contributed by atoms with van der Waals surface area (Å²) in [6.07, 6.45) is 7.19. The van der Waals surface area contributed by atoms with Crippen molar-refractivity contribution in [1.29, 1.82) is 0 Å². The lowest BCUT2D eigenvalue weighted by Crippen LogP contribution is -2.16. The van der Waals surface area contributed by atoms with Crippen LogP contribution in [0.2, 0.25) is 0 Å². The lowest BCUT2D eigenvalue weighted by Gasteiger charge is -2.26. The van der Waals surface area contributed by atoms with Gasteiger partial charge >= 0.3 is 0 Å². The van der Waals surface area contributed by atoms with Gasteiger partial charge in [-0.1, -0.05) is 26.2 Å². The molecule has 0 spiro atoms. The first-order valence-corrected chi connectivity index (χ1v) is 4.28. The highest BCUT2D eigenvalue weighted by molar-refractivity contribution is 5.49. The molecule has 1 aliphatic rings. The lowest BCUT2D eigenvalue weighted by molar-refractivity contribution is -0.109. The Morgan fingerprint density at radius 2 is 2.10 bits per heavy atom. The first kappa shape index (κ1) is 7.77. The van der Waals surface area contributed by atoms with Crippen LogP contribution in [0.5, 0.6) is 0 Å². The molecule has 0 radical (unpaired) electrons. The molecule has 10 heavy (non-hydrogen) atoms. The number of carbonyl (C=O) groups is 1. The molecule has 0 aliphatic heterocycles. The van der Waals surface area contributed by atoms with Crippen molar-refractivity contribution in [1.82, 2.24) is 0 Å². The van der Waals surface area contributed by atoms with E-state index in [4.69, 9.17) is 0 Å². The van der Waals surface area contributed by atoms with Crippen LogP contribution in [0.25, 0.3) is 0 Å². The van der Waals surface area contributed by atoms with E-state index in [2.05, 4.69) is 6.92 Å². The van der Waals surface area contributed by atoms with Crippen LogP contribution in [-0.4, -0.2) is 6.29 Å². The molecule has 1 heteroatoms. The summed E-state index contributed by atoms with van der Waals surface area (Å²) in [6.45, 7) is 2.27. The van der Waals surface area contributed by atoms with Gasteiger partial charge in [0.15, 0.2) is 0 Å². The summed E-state index contributed by atoms with van der Waals surface area (Å²) in [4.78, 5) is 10.2. The summed E-state index contributed by atoms with van der Waals surface area (Å²) >= 11 is 0. The first-order chi connectivity index (χ1) is 4.84. The predicted octanol–water partition coefficient (Wildman–Crippen LogP) is 2.40. The summed E-state index contributed by atoms with van der Waals surface area (Å²) in [5.74, 6) is 1.49. The van der Waals surface area contributed by atoms with Crippen molar-refractivity contribution in [3.8, 4) is 0 Å². The molecular weight excluding hydrogens is 124 g/mol. The van der Waals surface area contributed by atoms with Crippen molar-refractivity contribution >= 4 is 6.29 Å². The molecule has 2 unspecified atom stereocenters. The summed E-state index contributed by atoms with van der Waals surface area (Å²) in [5.41, 5.74) is 0. The molecule has 1 fully saturated rings. The zero-order chi connectivity index (χ0) is 7.40. The third-order valence-corrected chi connectivity index (χ3v) is 2.69.